The predicted molar refractivity (Wildman–Crippen MR) is 84.1 cm³/mol. The molecule has 0 saturated heterocycles. The van der Waals surface area contributed by atoms with Gasteiger partial charge >= 0.3 is 0 Å². The number of sulfonamides is 1. The number of hydrogen-bond donors (Lipinski definition) is 1. The number of benzene rings is 1. The van der Waals surface area contributed by atoms with Crippen molar-refractivity contribution in [2.24, 2.45) is 0 Å². The van der Waals surface area contributed by atoms with E-state index in [9.17, 15) is 13.2 Å². The van der Waals surface area contributed by atoms with E-state index >= 15 is 0 Å². The van der Waals surface area contributed by atoms with Crippen molar-refractivity contribution in [2.45, 2.75) is 18.9 Å². The van der Waals surface area contributed by atoms with Gasteiger partial charge in [-0.25, -0.2) is 8.42 Å². The van der Waals surface area contributed by atoms with E-state index in [1.165, 1.54) is 0 Å². The van der Waals surface area contributed by atoms with E-state index in [2.05, 4.69) is 5.32 Å². The molecule has 0 unspecified atom stereocenters. The maximum absolute atomic E-state index is 11.9. The fourth-order valence-electron chi connectivity index (χ4n) is 1.95. The van der Waals surface area contributed by atoms with Crippen LogP contribution in [0, 0.1) is 0 Å². The SMILES string of the molecule is CN(C)c1ccc(N(CC(=O)NC2CC2)S(C)(=O)=O)cc1. The Hall–Kier alpha value is -1.76. The van der Waals surface area contributed by atoms with Gasteiger partial charge in [0, 0.05) is 25.8 Å². The molecule has 7 heteroatoms. The Kier molecular flexibility index (Phi) is 4.41. The Bertz CT molecular complexity index is 607. The van der Waals surface area contributed by atoms with Gasteiger partial charge in [0.1, 0.15) is 6.54 Å². The number of nitrogens with zero attached hydrogens (tertiary/aromatic N) is 2. The first kappa shape index (κ1) is 15.6. The third-order valence-corrected chi connectivity index (χ3v) is 4.42. The van der Waals surface area contributed by atoms with E-state index in [1.807, 2.05) is 31.1 Å². The molecule has 0 radical (unpaired) electrons. The van der Waals surface area contributed by atoms with Crippen molar-refractivity contribution in [3.05, 3.63) is 24.3 Å². The topological polar surface area (TPSA) is 69.7 Å². The minimum Gasteiger partial charge on any atom is -0.378 e. The second-order valence-electron chi connectivity index (χ2n) is 5.52. The van der Waals surface area contributed by atoms with Gasteiger partial charge in [-0.2, -0.15) is 0 Å². The number of rotatable bonds is 6. The van der Waals surface area contributed by atoms with Crippen LogP contribution >= 0.6 is 0 Å². The van der Waals surface area contributed by atoms with Gasteiger partial charge in [0.2, 0.25) is 15.9 Å². The van der Waals surface area contributed by atoms with Crippen molar-refractivity contribution in [2.75, 3.05) is 36.1 Å². The summed E-state index contributed by atoms with van der Waals surface area (Å²) in [7, 11) is 0.316. The van der Waals surface area contributed by atoms with Crippen LogP contribution in [0.25, 0.3) is 0 Å². The molecule has 0 heterocycles. The molecular weight excluding hydrogens is 290 g/mol. The minimum atomic E-state index is -3.50. The Morgan fingerprint density at radius 3 is 2.14 bits per heavy atom. The molecule has 0 spiro atoms. The minimum absolute atomic E-state index is 0.184. The fraction of sp³-hybridized carbons (Fsp3) is 0.500. The normalized spacial score (nSPS) is 14.6. The highest BCUT2D eigenvalue weighted by atomic mass is 32.2. The van der Waals surface area contributed by atoms with Crippen LogP contribution in [-0.2, 0) is 14.8 Å². The number of anilines is 2. The summed E-state index contributed by atoms with van der Waals surface area (Å²) in [6, 6.07) is 7.29. The van der Waals surface area contributed by atoms with Crippen molar-refractivity contribution in [3.63, 3.8) is 0 Å². The smallest absolute Gasteiger partial charge is 0.240 e. The maximum atomic E-state index is 11.9. The van der Waals surface area contributed by atoms with E-state index in [4.69, 9.17) is 0 Å². The lowest BCUT2D eigenvalue weighted by Crippen LogP contribution is -2.41. The molecule has 2 rings (SSSR count). The fourth-order valence-corrected chi connectivity index (χ4v) is 2.80. The predicted octanol–water partition coefficient (Wildman–Crippen LogP) is 0.797. The van der Waals surface area contributed by atoms with Crippen LogP contribution in [0.4, 0.5) is 11.4 Å². The molecule has 1 N–H and O–H groups in total. The first-order valence-electron chi connectivity index (χ1n) is 6.82. The summed E-state index contributed by atoms with van der Waals surface area (Å²) in [5.74, 6) is -0.264. The molecule has 0 atom stereocenters. The summed E-state index contributed by atoms with van der Waals surface area (Å²) in [6.45, 7) is -0.184. The molecule has 21 heavy (non-hydrogen) atoms. The molecule has 1 aliphatic carbocycles. The first-order valence-corrected chi connectivity index (χ1v) is 8.66. The molecule has 1 amide bonds. The summed E-state index contributed by atoms with van der Waals surface area (Å²) < 4.78 is 25.0. The van der Waals surface area contributed by atoms with E-state index in [0.717, 1.165) is 29.1 Å². The third kappa shape index (κ3) is 4.35. The molecule has 1 fully saturated rings. The summed E-state index contributed by atoms with van der Waals surface area (Å²) in [5.41, 5.74) is 1.46. The molecule has 6 nitrogen and oxygen atoms in total. The van der Waals surface area contributed by atoms with Crippen LogP contribution in [0.3, 0.4) is 0 Å². The van der Waals surface area contributed by atoms with Gasteiger partial charge in [0.15, 0.2) is 0 Å². The second-order valence-corrected chi connectivity index (χ2v) is 7.43. The largest absolute Gasteiger partial charge is 0.378 e. The lowest BCUT2D eigenvalue weighted by molar-refractivity contribution is -0.119. The number of carbonyl (C=O) groups is 1. The Morgan fingerprint density at radius 2 is 1.71 bits per heavy atom. The molecule has 116 valence electrons. The lowest BCUT2D eigenvalue weighted by atomic mass is 10.2. The summed E-state index contributed by atoms with van der Waals surface area (Å²) >= 11 is 0. The average Bonchev–Trinajstić information content (AvgIpc) is 3.18. The number of amides is 1. The molecule has 1 aromatic rings. The zero-order valence-electron chi connectivity index (χ0n) is 12.5. The maximum Gasteiger partial charge on any atom is 0.240 e. The molecular formula is C14H21N3O3S. The van der Waals surface area contributed by atoms with Gasteiger partial charge in [0.05, 0.1) is 11.9 Å². The standard InChI is InChI=1S/C14H21N3O3S/c1-16(2)12-6-8-13(9-7-12)17(21(3,19)20)10-14(18)15-11-4-5-11/h6-9,11H,4-5,10H2,1-3H3,(H,15,18). The number of carbonyl (C=O) groups excluding carboxylic acids is 1. The van der Waals surface area contributed by atoms with E-state index in [0.29, 0.717) is 5.69 Å². The van der Waals surface area contributed by atoms with Crippen LogP contribution in [0.1, 0.15) is 12.8 Å². The lowest BCUT2D eigenvalue weighted by Gasteiger charge is -2.22. The molecule has 1 aromatic carbocycles. The van der Waals surface area contributed by atoms with Gasteiger partial charge in [-0.3, -0.25) is 9.10 Å². The number of nitrogens with one attached hydrogen (secondary N) is 1. The van der Waals surface area contributed by atoms with Gasteiger partial charge in [-0.15, -0.1) is 0 Å². The molecule has 0 aliphatic heterocycles. The van der Waals surface area contributed by atoms with Crippen molar-refractivity contribution >= 4 is 27.3 Å². The molecule has 1 saturated carbocycles. The third-order valence-electron chi connectivity index (χ3n) is 3.28. The monoisotopic (exact) mass is 311 g/mol. The van der Waals surface area contributed by atoms with Crippen molar-refractivity contribution in [3.8, 4) is 0 Å². The summed E-state index contributed by atoms with van der Waals surface area (Å²) in [4.78, 5) is 13.8. The van der Waals surface area contributed by atoms with Crippen molar-refractivity contribution in [1.82, 2.24) is 5.32 Å². The van der Waals surface area contributed by atoms with Crippen molar-refractivity contribution < 1.29 is 13.2 Å². The van der Waals surface area contributed by atoms with Crippen molar-refractivity contribution in [1.29, 1.82) is 0 Å². The summed E-state index contributed by atoms with van der Waals surface area (Å²) in [5, 5.41) is 2.80. The quantitative estimate of drug-likeness (QED) is 0.843. The Labute approximate surface area is 125 Å². The highest BCUT2D eigenvalue weighted by molar-refractivity contribution is 7.92. The number of hydrogen-bond acceptors (Lipinski definition) is 4. The molecule has 1 aliphatic rings. The van der Waals surface area contributed by atoms with Crippen LogP contribution in [-0.4, -0.2) is 47.3 Å². The first-order chi connectivity index (χ1) is 9.77. The highest BCUT2D eigenvalue weighted by Crippen LogP contribution is 2.22. The Morgan fingerprint density at radius 1 is 1.19 bits per heavy atom. The zero-order valence-corrected chi connectivity index (χ0v) is 13.4. The average molecular weight is 311 g/mol. The van der Waals surface area contributed by atoms with Gasteiger partial charge in [0.25, 0.3) is 0 Å². The zero-order chi connectivity index (χ0) is 15.6. The second kappa shape index (κ2) is 5.93. The van der Waals surface area contributed by atoms with Gasteiger partial charge < -0.3 is 10.2 Å². The van der Waals surface area contributed by atoms with Crippen LogP contribution in [0.15, 0.2) is 24.3 Å². The van der Waals surface area contributed by atoms with Gasteiger partial charge in [-0.1, -0.05) is 0 Å². The van der Waals surface area contributed by atoms with Gasteiger partial charge in [-0.05, 0) is 37.1 Å². The molecule has 0 bridgehead atoms. The van der Waals surface area contributed by atoms with Crippen LogP contribution < -0.4 is 14.5 Å². The van der Waals surface area contributed by atoms with Crippen LogP contribution in [0.2, 0.25) is 0 Å². The molecule has 0 aromatic heterocycles. The van der Waals surface area contributed by atoms with E-state index in [1.54, 1.807) is 12.1 Å². The highest BCUT2D eigenvalue weighted by Gasteiger charge is 2.26. The Balaban J connectivity index is 2.17. The summed E-state index contributed by atoms with van der Waals surface area (Å²) in [6.07, 6.45) is 3.06. The van der Waals surface area contributed by atoms with Crippen LogP contribution in [0.5, 0.6) is 0 Å². The van der Waals surface area contributed by atoms with E-state index in [-0.39, 0.29) is 18.5 Å². The van der Waals surface area contributed by atoms with E-state index < -0.39 is 10.0 Å².